The van der Waals surface area contributed by atoms with Crippen molar-refractivity contribution in [2.24, 2.45) is 0 Å². The molecule has 0 unspecified atom stereocenters. The molecule has 1 amide bonds. The minimum Gasteiger partial charge on any atom is -0.299 e. The van der Waals surface area contributed by atoms with Crippen LogP contribution in [-0.2, 0) is 4.79 Å². The van der Waals surface area contributed by atoms with Crippen molar-refractivity contribution < 1.29 is 9.59 Å². The summed E-state index contributed by atoms with van der Waals surface area (Å²) in [4.78, 5) is 24.6. The van der Waals surface area contributed by atoms with Gasteiger partial charge in [0, 0.05) is 10.6 Å². The maximum absolute atomic E-state index is 11.7. The number of fused-ring (bicyclic) bond motifs is 1. The molecule has 0 radical (unpaired) electrons. The van der Waals surface area contributed by atoms with Gasteiger partial charge in [-0.05, 0) is 12.1 Å². The second-order valence-electron chi connectivity index (χ2n) is 3.29. The van der Waals surface area contributed by atoms with E-state index in [4.69, 9.17) is 23.2 Å². The van der Waals surface area contributed by atoms with E-state index in [2.05, 4.69) is 0 Å². The first kappa shape index (κ1) is 11.2. The summed E-state index contributed by atoms with van der Waals surface area (Å²) in [5, 5.41) is 0.305. The van der Waals surface area contributed by atoms with Gasteiger partial charge in [-0.2, -0.15) is 0 Å². The van der Waals surface area contributed by atoms with Crippen LogP contribution in [0, 0.1) is 0 Å². The van der Waals surface area contributed by atoms with Gasteiger partial charge in [0.2, 0.25) is 0 Å². The number of hydrogen-bond donors (Lipinski definition) is 0. The zero-order valence-corrected chi connectivity index (χ0v) is 9.63. The number of rotatable bonds is 2. The van der Waals surface area contributed by atoms with E-state index >= 15 is 0 Å². The molecule has 1 aromatic carbocycles. The molecule has 0 saturated heterocycles. The lowest BCUT2D eigenvalue weighted by molar-refractivity contribution is -0.114. The monoisotopic (exact) mass is 255 g/mol. The number of carbonyl (C=O) groups is 2. The Labute approximate surface area is 102 Å². The molecule has 3 nitrogen and oxygen atoms in total. The van der Waals surface area contributed by atoms with E-state index in [1.54, 1.807) is 24.3 Å². The van der Waals surface area contributed by atoms with Crippen molar-refractivity contribution in [1.29, 1.82) is 0 Å². The molecule has 0 aromatic heterocycles. The van der Waals surface area contributed by atoms with Crippen molar-refractivity contribution in [3.63, 3.8) is 0 Å². The maximum atomic E-state index is 11.7. The van der Waals surface area contributed by atoms with E-state index in [9.17, 15) is 9.59 Å². The fourth-order valence-corrected chi connectivity index (χ4v) is 1.78. The highest BCUT2D eigenvalue weighted by atomic mass is 35.5. The minimum atomic E-state index is -0.571. The smallest absolute Gasteiger partial charge is 0.299 e. The largest absolute Gasteiger partial charge is 0.299 e. The van der Waals surface area contributed by atoms with E-state index in [-0.39, 0.29) is 6.54 Å². The zero-order chi connectivity index (χ0) is 11.7. The molecule has 0 atom stereocenters. The second kappa shape index (κ2) is 4.28. The zero-order valence-electron chi connectivity index (χ0n) is 8.11. The number of anilines is 1. The molecule has 16 heavy (non-hydrogen) atoms. The van der Waals surface area contributed by atoms with E-state index < -0.39 is 11.7 Å². The van der Waals surface area contributed by atoms with Crippen LogP contribution in [0.3, 0.4) is 0 Å². The van der Waals surface area contributed by atoms with Gasteiger partial charge in [-0.3, -0.25) is 14.5 Å². The molecule has 1 aliphatic heterocycles. The van der Waals surface area contributed by atoms with Crippen LogP contribution in [0.25, 0.3) is 0 Å². The molecule has 0 fully saturated rings. The molecule has 0 bridgehead atoms. The van der Waals surface area contributed by atoms with Crippen LogP contribution in [0.15, 0.2) is 34.8 Å². The quantitative estimate of drug-likeness (QED) is 0.762. The van der Waals surface area contributed by atoms with E-state index in [1.807, 2.05) is 0 Å². The summed E-state index contributed by atoms with van der Waals surface area (Å²) in [6, 6.07) is 6.80. The fourth-order valence-electron chi connectivity index (χ4n) is 1.59. The Bertz CT molecular complexity index is 497. The molecular formula is C11H7Cl2NO2. The Morgan fingerprint density at radius 1 is 1.31 bits per heavy atom. The minimum absolute atomic E-state index is 0.118. The predicted octanol–water partition coefficient (Wildman–Crippen LogP) is 2.53. The summed E-state index contributed by atoms with van der Waals surface area (Å²) in [6.45, 7) is 0.118. The number of ketones is 1. The lowest BCUT2D eigenvalue weighted by atomic mass is 10.1. The number of nitrogens with zero attached hydrogens (tertiary/aromatic N) is 1. The first-order chi connectivity index (χ1) is 7.65. The van der Waals surface area contributed by atoms with Gasteiger partial charge in [-0.25, -0.2) is 0 Å². The van der Waals surface area contributed by atoms with Crippen molar-refractivity contribution in [1.82, 2.24) is 0 Å². The van der Waals surface area contributed by atoms with Crippen LogP contribution in [0.1, 0.15) is 10.4 Å². The van der Waals surface area contributed by atoms with Crippen LogP contribution < -0.4 is 4.90 Å². The highest BCUT2D eigenvalue weighted by molar-refractivity contribution is 6.52. The fraction of sp³-hybridized carbons (Fsp3) is 0.0909. The van der Waals surface area contributed by atoms with Gasteiger partial charge in [0.1, 0.15) is 0 Å². The van der Waals surface area contributed by atoms with E-state index in [0.29, 0.717) is 16.3 Å². The van der Waals surface area contributed by atoms with Crippen LogP contribution in [-0.4, -0.2) is 18.2 Å². The second-order valence-corrected chi connectivity index (χ2v) is 4.00. The molecule has 1 aliphatic rings. The lowest BCUT2D eigenvalue weighted by Gasteiger charge is -2.15. The topological polar surface area (TPSA) is 37.4 Å². The Kier molecular flexibility index (Phi) is 2.99. The Balaban J connectivity index is 2.41. The molecule has 82 valence electrons. The predicted molar refractivity (Wildman–Crippen MR) is 62.9 cm³/mol. The highest BCUT2D eigenvalue weighted by Gasteiger charge is 2.35. The van der Waals surface area contributed by atoms with Crippen molar-refractivity contribution in [3.8, 4) is 0 Å². The average molecular weight is 256 g/mol. The third-order valence-electron chi connectivity index (χ3n) is 2.31. The first-order valence-corrected chi connectivity index (χ1v) is 5.36. The highest BCUT2D eigenvalue weighted by Crippen LogP contribution is 2.29. The Morgan fingerprint density at radius 3 is 2.69 bits per heavy atom. The molecule has 0 N–H and O–H groups in total. The number of hydrogen-bond acceptors (Lipinski definition) is 2. The van der Waals surface area contributed by atoms with Gasteiger partial charge >= 0.3 is 0 Å². The summed E-state index contributed by atoms with van der Waals surface area (Å²) in [7, 11) is 0. The molecule has 1 aromatic rings. The number of halogens is 2. The molecule has 1 heterocycles. The number of Topliss-reactive ketones (excluding diaryl/α,β-unsaturated/α-hetero) is 1. The van der Waals surface area contributed by atoms with Gasteiger partial charge in [0.25, 0.3) is 11.7 Å². The summed E-state index contributed by atoms with van der Waals surface area (Å²) in [5.41, 5.74) is 2.17. The molecule has 2 rings (SSSR count). The summed E-state index contributed by atoms with van der Waals surface area (Å²) < 4.78 is 0. The maximum Gasteiger partial charge on any atom is 0.299 e. The van der Waals surface area contributed by atoms with Gasteiger partial charge in [0.05, 0.1) is 17.8 Å². The molecule has 5 heteroatoms. The third kappa shape index (κ3) is 1.72. The van der Waals surface area contributed by atoms with Crippen molar-refractivity contribution in [2.45, 2.75) is 0 Å². The van der Waals surface area contributed by atoms with Crippen LogP contribution in [0.2, 0.25) is 0 Å². The van der Waals surface area contributed by atoms with E-state index in [0.717, 1.165) is 0 Å². The summed E-state index contributed by atoms with van der Waals surface area (Å²) in [5.74, 6) is -1.08. The van der Waals surface area contributed by atoms with Gasteiger partial charge in [0.15, 0.2) is 0 Å². The molecular weight excluding hydrogens is 249 g/mol. The lowest BCUT2D eigenvalue weighted by Crippen LogP contribution is -2.30. The summed E-state index contributed by atoms with van der Waals surface area (Å²) in [6.07, 6.45) is 0. The first-order valence-electron chi connectivity index (χ1n) is 4.55. The molecule has 0 saturated carbocycles. The number of amides is 1. The van der Waals surface area contributed by atoms with E-state index in [1.165, 1.54) is 10.4 Å². The normalized spacial score (nSPS) is 15.6. The van der Waals surface area contributed by atoms with Crippen LogP contribution in [0.5, 0.6) is 0 Å². The summed E-state index contributed by atoms with van der Waals surface area (Å²) >= 11 is 11.2. The standard InChI is InChI=1S/C11H7Cl2NO2/c12-5-7(13)6-14-9-4-2-1-3-8(9)10(15)11(14)16/h1-5H,6H2. The Hall–Kier alpha value is -1.32. The van der Waals surface area contributed by atoms with Gasteiger partial charge in [-0.1, -0.05) is 35.3 Å². The average Bonchev–Trinajstić information content (AvgIpc) is 2.55. The number of para-hydroxylation sites is 1. The number of carbonyl (C=O) groups excluding carboxylic acids is 2. The molecule has 0 aliphatic carbocycles. The van der Waals surface area contributed by atoms with Crippen LogP contribution in [0.4, 0.5) is 5.69 Å². The third-order valence-corrected chi connectivity index (χ3v) is 2.91. The van der Waals surface area contributed by atoms with Crippen molar-refractivity contribution in [3.05, 3.63) is 40.4 Å². The van der Waals surface area contributed by atoms with Crippen molar-refractivity contribution in [2.75, 3.05) is 11.4 Å². The molecule has 0 spiro atoms. The van der Waals surface area contributed by atoms with Gasteiger partial charge < -0.3 is 0 Å². The Morgan fingerprint density at radius 2 is 2.00 bits per heavy atom. The number of benzene rings is 1. The SMILES string of the molecule is O=C1C(=O)N(CC(Cl)=CCl)c2ccccc21. The van der Waals surface area contributed by atoms with Crippen LogP contribution >= 0.6 is 23.2 Å². The van der Waals surface area contributed by atoms with Crippen molar-refractivity contribution >= 4 is 40.6 Å². The van der Waals surface area contributed by atoms with Gasteiger partial charge in [-0.15, -0.1) is 0 Å².